The van der Waals surface area contributed by atoms with Crippen LogP contribution in [0.5, 0.6) is 5.75 Å². The molecule has 0 aliphatic heterocycles. The first-order valence-corrected chi connectivity index (χ1v) is 5.59. The maximum Gasteiger partial charge on any atom is 0.331 e. The Bertz CT molecular complexity index is 424. The van der Waals surface area contributed by atoms with Crippen LogP contribution in [-0.2, 0) is 4.79 Å². The van der Waals surface area contributed by atoms with Crippen LogP contribution in [0, 0.1) is 6.92 Å². The Labute approximate surface area is 103 Å². The van der Waals surface area contributed by atoms with Gasteiger partial charge >= 0.3 is 5.97 Å². The number of rotatable bonds is 4. The molecule has 0 spiro atoms. The molecule has 0 saturated carbocycles. The summed E-state index contributed by atoms with van der Waals surface area (Å²) in [6, 6.07) is 5.68. The third kappa shape index (κ3) is 3.70. The number of carbonyl (C=O) groups is 1. The molecule has 0 radical (unpaired) electrons. The number of aryl methyl sites for hydroxylation is 1. The van der Waals surface area contributed by atoms with Gasteiger partial charge < -0.3 is 9.84 Å². The quantitative estimate of drug-likeness (QED) is 0.864. The van der Waals surface area contributed by atoms with Crippen LogP contribution in [-0.4, -0.2) is 17.7 Å². The molecular weight excluding hydrogens is 272 g/mol. The summed E-state index contributed by atoms with van der Waals surface area (Å²) < 4.78 is 6.45. The minimum atomic E-state index is -0.920. The third-order valence-corrected chi connectivity index (χ3v) is 2.60. The molecule has 1 aromatic carbocycles. The molecule has 0 aliphatic carbocycles. The molecule has 0 saturated heterocycles. The Hall–Kier alpha value is -1.29. The second-order valence-corrected chi connectivity index (χ2v) is 4.33. The van der Waals surface area contributed by atoms with E-state index in [1.54, 1.807) is 13.0 Å². The molecule has 0 unspecified atom stereocenters. The standard InChI is InChI=1S/C12H13BrO3/c1-8(12(14)15)5-6-16-11-4-3-10(13)7-9(11)2/h3-5,7H,6H2,1-2H3,(H,14,15). The van der Waals surface area contributed by atoms with E-state index in [0.29, 0.717) is 0 Å². The third-order valence-electron chi connectivity index (χ3n) is 2.10. The molecule has 3 nitrogen and oxygen atoms in total. The largest absolute Gasteiger partial charge is 0.489 e. The highest BCUT2D eigenvalue weighted by molar-refractivity contribution is 9.10. The van der Waals surface area contributed by atoms with E-state index < -0.39 is 5.97 Å². The highest BCUT2D eigenvalue weighted by atomic mass is 79.9. The average molecular weight is 285 g/mol. The maximum atomic E-state index is 10.5. The Morgan fingerprint density at radius 1 is 1.56 bits per heavy atom. The van der Waals surface area contributed by atoms with Crippen molar-refractivity contribution in [3.05, 3.63) is 39.9 Å². The van der Waals surface area contributed by atoms with E-state index in [4.69, 9.17) is 9.84 Å². The van der Waals surface area contributed by atoms with Crippen molar-refractivity contribution in [2.24, 2.45) is 0 Å². The first-order chi connectivity index (χ1) is 7.50. The summed E-state index contributed by atoms with van der Waals surface area (Å²) in [5.41, 5.74) is 1.30. The first kappa shape index (κ1) is 12.8. The van der Waals surface area contributed by atoms with Gasteiger partial charge in [0.2, 0.25) is 0 Å². The molecule has 16 heavy (non-hydrogen) atoms. The van der Waals surface area contributed by atoms with Crippen LogP contribution in [0.4, 0.5) is 0 Å². The first-order valence-electron chi connectivity index (χ1n) is 4.79. The van der Waals surface area contributed by atoms with Crippen LogP contribution in [0.1, 0.15) is 12.5 Å². The van der Waals surface area contributed by atoms with Gasteiger partial charge in [-0.3, -0.25) is 0 Å². The smallest absolute Gasteiger partial charge is 0.331 e. The summed E-state index contributed by atoms with van der Waals surface area (Å²) in [6.45, 7) is 3.74. The van der Waals surface area contributed by atoms with E-state index >= 15 is 0 Å². The predicted molar refractivity (Wildman–Crippen MR) is 65.8 cm³/mol. The highest BCUT2D eigenvalue weighted by Crippen LogP contribution is 2.22. The molecule has 0 fully saturated rings. The normalized spacial score (nSPS) is 11.3. The average Bonchev–Trinajstić information content (AvgIpc) is 2.20. The van der Waals surface area contributed by atoms with Crippen molar-refractivity contribution in [3.8, 4) is 5.75 Å². The lowest BCUT2D eigenvalue weighted by Crippen LogP contribution is -2.01. The van der Waals surface area contributed by atoms with Gasteiger partial charge in [-0.2, -0.15) is 0 Å². The van der Waals surface area contributed by atoms with E-state index in [0.717, 1.165) is 15.8 Å². The molecule has 0 heterocycles. The fraction of sp³-hybridized carbons (Fsp3) is 0.250. The van der Waals surface area contributed by atoms with Crippen LogP contribution in [0.3, 0.4) is 0 Å². The number of carboxylic acids is 1. The molecule has 0 bridgehead atoms. The van der Waals surface area contributed by atoms with Crippen molar-refractivity contribution in [1.29, 1.82) is 0 Å². The van der Waals surface area contributed by atoms with Crippen LogP contribution in [0.15, 0.2) is 34.3 Å². The van der Waals surface area contributed by atoms with Crippen molar-refractivity contribution in [2.45, 2.75) is 13.8 Å². The van der Waals surface area contributed by atoms with Crippen LogP contribution in [0.25, 0.3) is 0 Å². The Morgan fingerprint density at radius 3 is 2.81 bits per heavy atom. The molecule has 1 N–H and O–H groups in total. The molecule has 0 aliphatic rings. The summed E-state index contributed by atoms with van der Waals surface area (Å²) in [5, 5.41) is 8.64. The number of carboxylic acid groups (broad SMARTS) is 1. The minimum Gasteiger partial charge on any atom is -0.489 e. The van der Waals surface area contributed by atoms with Crippen LogP contribution < -0.4 is 4.74 Å². The number of halogens is 1. The van der Waals surface area contributed by atoms with Gasteiger partial charge in [-0.1, -0.05) is 15.9 Å². The summed E-state index contributed by atoms with van der Waals surface area (Å²) >= 11 is 3.36. The summed E-state index contributed by atoms with van der Waals surface area (Å²) in [5.74, 6) is -0.159. The maximum absolute atomic E-state index is 10.5. The van der Waals surface area contributed by atoms with Gasteiger partial charge in [-0.25, -0.2) is 4.79 Å². The zero-order chi connectivity index (χ0) is 12.1. The molecule has 86 valence electrons. The van der Waals surface area contributed by atoms with Crippen molar-refractivity contribution in [3.63, 3.8) is 0 Å². The lowest BCUT2D eigenvalue weighted by atomic mass is 10.2. The zero-order valence-corrected chi connectivity index (χ0v) is 10.7. The second-order valence-electron chi connectivity index (χ2n) is 3.41. The second kappa shape index (κ2) is 5.70. The highest BCUT2D eigenvalue weighted by Gasteiger charge is 2.01. The lowest BCUT2D eigenvalue weighted by molar-refractivity contribution is -0.132. The monoisotopic (exact) mass is 284 g/mol. The SMILES string of the molecule is CC(=CCOc1ccc(Br)cc1C)C(=O)O. The van der Waals surface area contributed by atoms with Crippen molar-refractivity contribution >= 4 is 21.9 Å². The predicted octanol–water partition coefficient (Wildman–Crippen LogP) is 3.17. The van der Waals surface area contributed by atoms with Gasteiger partial charge in [0.05, 0.1) is 0 Å². The van der Waals surface area contributed by atoms with Gasteiger partial charge in [0, 0.05) is 10.0 Å². The minimum absolute atomic E-state index is 0.264. The Balaban J connectivity index is 2.62. The number of aliphatic carboxylic acids is 1. The van der Waals surface area contributed by atoms with Crippen LogP contribution in [0.2, 0.25) is 0 Å². The fourth-order valence-electron chi connectivity index (χ4n) is 1.12. The Kier molecular flexibility index (Phi) is 4.55. The topological polar surface area (TPSA) is 46.5 Å². The van der Waals surface area contributed by atoms with Gasteiger partial charge in [-0.05, 0) is 43.7 Å². The number of benzene rings is 1. The summed E-state index contributed by atoms with van der Waals surface area (Å²) in [4.78, 5) is 10.5. The molecule has 1 rings (SSSR count). The van der Waals surface area contributed by atoms with Crippen molar-refractivity contribution in [2.75, 3.05) is 6.61 Å². The molecule has 0 atom stereocenters. The van der Waals surface area contributed by atoms with Gasteiger partial charge in [0.1, 0.15) is 12.4 Å². The summed E-state index contributed by atoms with van der Waals surface area (Å²) in [6.07, 6.45) is 1.55. The summed E-state index contributed by atoms with van der Waals surface area (Å²) in [7, 11) is 0. The van der Waals surface area contributed by atoms with E-state index in [2.05, 4.69) is 15.9 Å². The van der Waals surface area contributed by atoms with E-state index in [-0.39, 0.29) is 12.2 Å². The van der Waals surface area contributed by atoms with Gasteiger partial charge in [-0.15, -0.1) is 0 Å². The fourth-order valence-corrected chi connectivity index (χ4v) is 1.59. The van der Waals surface area contributed by atoms with Crippen LogP contribution >= 0.6 is 15.9 Å². The number of hydrogen-bond donors (Lipinski definition) is 1. The van der Waals surface area contributed by atoms with E-state index in [1.807, 2.05) is 25.1 Å². The number of hydrogen-bond acceptors (Lipinski definition) is 2. The zero-order valence-electron chi connectivity index (χ0n) is 9.16. The van der Waals surface area contributed by atoms with E-state index in [1.165, 1.54) is 0 Å². The molecule has 1 aromatic rings. The Morgan fingerprint density at radius 2 is 2.25 bits per heavy atom. The van der Waals surface area contributed by atoms with Gasteiger partial charge in [0.15, 0.2) is 0 Å². The molecule has 0 amide bonds. The van der Waals surface area contributed by atoms with Crippen molar-refractivity contribution in [1.82, 2.24) is 0 Å². The molecular formula is C12H13BrO3. The van der Waals surface area contributed by atoms with E-state index in [9.17, 15) is 4.79 Å². The van der Waals surface area contributed by atoms with Crippen molar-refractivity contribution < 1.29 is 14.6 Å². The number of ether oxygens (including phenoxy) is 1. The van der Waals surface area contributed by atoms with Gasteiger partial charge in [0.25, 0.3) is 0 Å². The lowest BCUT2D eigenvalue weighted by Gasteiger charge is -2.07. The molecule has 4 heteroatoms. The molecule has 0 aromatic heterocycles.